The van der Waals surface area contributed by atoms with Crippen LogP contribution in [0.15, 0.2) is 53.9 Å². The molecule has 2 aromatic carbocycles. The number of esters is 1. The predicted octanol–water partition coefficient (Wildman–Crippen LogP) is 4.70. The summed E-state index contributed by atoms with van der Waals surface area (Å²) in [4.78, 5) is 28.8. The molecule has 0 spiro atoms. The molecular weight excluding hydrogens is 379 g/mol. The fraction of sp³-hybridized carbons (Fsp3) is 0.190. The van der Waals surface area contributed by atoms with Crippen molar-refractivity contribution < 1.29 is 18.7 Å². The molecule has 1 N–H and O–H groups in total. The van der Waals surface area contributed by atoms with Gasteiger partial charge >= 0.3 is 5.97 Å². The highest BCUT2D eigenvalue weighted by Crippen LogP contribution is 2.23. The van der Waals surface area contributed by atoms with Crippen LogP contribution in [0.3, 0.4) is 0 Å². The van der Waals surface area contributed by atoms with Crippen molar-refractivity contribution in [1.29, 1.82) is 0 Å². The van der Waals surface area contributed by atoms with Gasteiger partial charge in [-0.15, -0.1) is 11.3 Å². The Kier molecular flexibility index (Phi) is 6.49. The van der Waals surface area contributed by atoms with Gasteiger partial charge in [0.2, 0.25) is 5.91 Å². The fourth-order valence-corrected chi connectivity index (χ4v) is 3.40. The van der Waals surface area contributed by atoms with Gasteiger partial charge in [-0.1, -0.05) is 12.1 Å². The predicted molar refractivity (Wildman–Crippen MR) is 107 cm³/mol. The summed E-state index contributed by atoms with van der Waals surface area (Å²) in [6.07, 6.45) is 0.701. The van der Waals surface area contributed by atoms with E-state index in [0.29, 0.717) is 17.7 Å². The second kappa shape index (κ2) is 9.23. The summed E-state index contributed by atoms with van der Waals surface area (Å²) in [6.45, 7) is 1.99. The van der Waals surface area contributed by atoms with Gasteiger partial charge in [0.05, 0.1) is 28.6 Å². The van der Waals surface area contributed by atoms with Crippen LogP contribution in [0.4, 0.5) is 10.1 Å². The minimum atomic E-state index is -0.470. The highest BCUT2D eigenvalue weighted by molar-refractivity contribution is 7.09. The zero-order valence-electron chi connectivity index (χ0n) is 15.3. The number of anilines is 1. The lowest BCUT2D eigenvalue weighted by Gasteiger charge is -2.10. The molecular formula is C21H19FN2O3S. The first-order chi connectivity index (χ1) is 13.6. The highest BCUT2D eigenvalue weighted by Gasteiger charge is 2.14. The molecule has 1 aromatic heterocycles. The van der Waals surface area contributed by atoms with Crippen LogP contribution in [0.2, 0.25) is 0 Å². The monoisotopic (exact) mass is 398 g/mol. The van der Waals surface area contributed by atoms with Gasteiger partial charge in [0.25, 0.3) is 0 Å². The molecule has 5 nitrogen and oxygen atoms in total. The Morgan fingerprint density at radius 1 is 1.14 bits per heavy atom. The van der Waals surface area contributed by atoms with Crippen LogP contribution >= 0.6 is 11.3 Å². The molecule has 0 aliphatic heterocycles. The molecule has 0 aliphatic carbocycles. The van der Waals surface area contributed by atoms with E-state index in [1.165, 1.54) is 23.5 Å². The number of aromatic nitrogens is 1. The van der Waals surface area contributed by atoms with Crippen molar-refractivity contribution in [2.75, 3.05) is 11.9 Å². The van der Waals surface area contributed by atoms with Gasteiger partial charge in [0, 0.05) is 23.8 Å². The number of carbonyl (C=O) groups is 2. The lowest BCUT2D eigenvalue weighted by atomic mass is 10.1. The van der Waals surface area contributed by atoms with Crippen molar-refractivity contribution >= 4 is 28.9 Å². The number of ether oxygens (including phenoxy) is 1. The van der Waals surface area contributed by atoms with Gasteiger partial charge in [0.15, 0.2) is 0 Å². The number of amides is 1. The van der Waals surface area contributed by atoms with E-state index in [4.69, 9.17) is 4.74 Å². The average molecular weight is 398 g/mol. The minimum Gasteiger partial charge on any atom is -0.462 e. The Labute approximate surface area is 166 Å². The first-order valence-electron chi connectivity index (χ1n) is 8.83. The van der Waals surface area contributed by atoms with Crippen molar-refractivity contribution in [3.05, 3.63) is 70.3 Å². The summed E-state index contributed by atoms with van der Waals surface area (Å²) >= 11 is 1.45. The molecule has 3 rings (SSSR count). The van der Waals surface area contributed by atoms with E-state index < -0.39 is 5.97 Å². The number of hydrogen-bond acceptors (Lipinski definition) is 5. The molecule has 3 aromatic rings. The van der Waals surface area contributed by atoms with Crippen LogP contribution < -0.4 is 5.32 Å². The minimum absolute atomic E-state index is 0.213. The number of aryl methyl sites for hydroxylation is 1. The molecule has 0 aliphatic rings. The highest BCUT2D eigenvalue weighted by atomic mass is 32.1. The third-order valence-electron chi connectivity index (χ3n) is 3.95. The maximum absolute atomic E-state index is 13.0. The first kappa shape index (κ1) is 19.7. The fourth-order valence-electron chi connectivity index (χ4n) is 2.59. The summed E-state index contributed by atoms with van der Waals surface area (Å²) in [5, 5.41) is 5.46. The van der Waals surface area contributed by atoms with Crippen LogP contribution in [0, 0.1) is 5.82 Å². The Hall–Kier alpha value is -3.06. The molecule has 0 unspecified atom stereocenters. The summed E-state index contributed by atoms with van der Waals surface area (Å²) < 4.78 is 18.0. The molecule has 1 amide bonds. The first-order valence-corrected chi connectivity index (χ1v) is 9.71. The van der Waals surface area contributed by atoms with Crippen molar-refractivity contribution in [3.8, 4) is 11.3 Å². The summed E-state index contributed by atoms with van der Waals surface area (Å²) in [7, 11) is 0. The zero-order chi connectivity index (χ0) is 19.9. The summed E-state index contributed by atoms with van der Waals surface area (Å²) in [6, 6.07) is 12.9. The molecule has 0 saturated carbocycles. The third-order valence-corrected chi connectivity index (χ3v) is 4.86. The van der Waals surface area contributed by atoms with Gasteiger partial charge in [-0.25, -0.2) is 14.2 Å². The van der Waals surface area contributed by atoms with Crippen molar-refractivity contribution in [2.45, 2.75) is 19.8 Å². The van der Waals surface area contributed by atoms with E-state index in [-0.39, 0.29) is 24.8 Å². The maximum Gasteiger partial charge on any atom is 0.340 e. The average Bonchev–Trinajstić information content (AvgIpc) is 3.16. The number of halogens is 1. The number of hydrogen-bond donors (Lipinski definition) is 1. The Morgan fingerprint density at radius 3 is 2.64 bits per heavy atom. The van der Waals surface area contributed by atoms with E-state index in [1.54, 1.807) is 43.3 Å². The second-order valence-electron chi connectivity index (χ2n) is 5.95. The molecule has 0 fully saturated rings. The van der Waals surface area contributed by atoms with E-state index in [0.717, 1.165) is 16.3 Å². The number of nitrogens with zero attached hydrogens (tertiary/aromatic N) is 1. The van der Waals surface area contributed by atoms with Crippen LogP contribution in [-0.4, -0.2) is 23.5 Å². The maximum atomic E-state index is 13.0. The number of rotatable bonds is 7. The van der Waals surface area contributed by atoms with E-state index in [1.807, 2.05) is 5.38 Å². The quantitative estimate of drug-likeness (QED) is 0.586. The number of carbonyl (C=O) groups excluding carboxylic acids is 2. The molecule has 7 heteroatoms. The number of benzene rings is 2. The van der Waals surface area contributed by atoms with Gasteiger partial charge in [-0.2, -0.15) is 0 Å². The largest absolute Gasteiger partial charge is 0.462 e. The zero-order valence-corrected chi connectivity index (χ0v) is 16.1. The van der Waals surface area contributed by atoms with Gasteiger partial charge < -0.3 is 10.1 Å². The molecule has 0 radical (unpaired) electrons. The Morgan fingerprint density at radius 2 is 1.89 bits per heavy atom. The van der Waals surface area contributed by atoms with Gasteiger partial charge in [-0.3, -0.25) is 4.79 Å². The molecule has 1 heterocycles. The van der Waals surface area contributed by atoms with Crippen LogP contribution in [0.5, 0.6) is 0 Å². The number of para-hydroxylation sites is 1. The summed E-state index contributed by atoms with van der Waals surface area (Å²) in [5.74, 6) is -0.975. The van der Waals surface area contributed by atoms with Crippen LogP contribution in [-0.2, 0) is 16.0 Å². The number of thiazole rings is 1. The Balaban J connectivity index is 1.60. The Bertz CT molecular complexity index is 970. The lowest BCUT2D eigenvalue weighted by molar-refractivity contribution is -0.116. The van der Waals surface area contributed by atoms with Crippen molar-refractivity contribution in [3.63, 3.8) is 0 Å². The summed E-state index contributed by atoms with van der Waals surface area (Å²) in [5.41, 5.74) is 2.34. The normalized spacial score (nSPS) is 10.5. The smallest absolute Gasteiger partial charge is 0.340 e. The molecule has 0 bridgehead atoms. The molecule has 28 heavy (non-hydrogen) atoms. The van der Waals surface area contributed by atoms with Gasteiger partial charge in [0.1, 0.15) is 5.82 Å². The molecule has 0 atom stereocenters. The lowest BCUT2D eigenvalue weighted by Crippen LogP contribution is -2.16. The SMILES string of the molecule is CCOC(=O)c1ccccc1NC(=O)CCc1nc(-c2ccc(F)cc2)cs1. The molecule has 144 valence electrons. The van der Waals surface area contributed by atoms with Gasteiger partial charge in [-0.05, 0) is 43.3 Å². The van der Waals surface area contributed by atoms with Crippen molar-refractivity contribution in [2.24, 2.45) is 0 Å². The van der Waals surface area contributed by atoms with E-state index in [2.05, 4.69) is 10.3 Å². The molecule has 0 saturated heterocycles. The van der Waals surface area contributed by atoms with E-state index >= 15 is 0 Å². The van der Waals surface area contributed by atoms with E-state index in [9.17, 15) is 14.0 Å². The number of nitrogens with one attached hydrogen (secondary N) is 1. The van der Waals surface area contributed by atoms with Crippen LogP contribution in [0.25, 0.3) is 11.3 Å². The third kappa shape index (κ3) is 5.01. The topological polar surface area (TPSA) is 68.3 Å². The standard InChI is InChI=1S/C21H19FN2O3S/c1-2-27-21(26)16-5-3-4-6-17(16)23-19(25)11-12-20-24-18(13-28-20)14-7-9-15(22)10-8-14/h3-10,13H,2,11-12H2,1H3,(H,23,25). The second-order valence-corrected chi connectivity index (χ2v) is 6.89. The van der Waals surface area contributed by atoms with Crippen LogP contribution in [0.1, 0.15) is 28.7 Å². The van der Waals surface area contributed by atoms with Crippen molar-refractivity contribution in [1.82, 2.24) is 4.98 Å².